The van der Waals surface area contributed by atoms with Gasteiger partial charge >= 0.3 is 0 Å². The predicted octanol–water partition coefficient (Wildman–Crippen LogP) is 3.13. The van der Waals surface area contributed by atoms with Gasteiger partial charge in [-0.3, -0.25) is 4.79 Å². The van der Waals surface area contributed by atoms with Gasteiger partial charge in [0.2, 0.25) is 11.8 Å². The van der Waals surface area contributed by atoms with Crippen LogP contribution in [0.2, 0.25) is 0 Å². The van der Waals surface area contributed by atoms with Crippen molar-refractivity contribution < 1.29 is 14.6 Å². The lowest BCUT2D eigenvalue weighted by Crippen LogP contribution is -2.42. The molecule has 2 fully saturated rings. The fourth-order valence-corrected chi connectivity index (χ4v) is 6.95. The van der Waals surface area contributed by atoms with Gasteiger partial charge in [0.1, 0.15) is 23.4 Å². The molecule has 8 heteroatoms. The van der Waals surface area contributed by atoms with E-state index in [0.29, 0.717) is 18.3 Å². The Balaban J connectivity index is 1.31. The molecule has 31 heavy (non-hydrogen) atoms. The molecule has 1 saturated carbocycles. The summed E-state index contributed by atoms with van der Waals surface area (Å²) in [4.78, 5) is 25.3. The predicted molar refractivity (Wildman–Crippen MR) is 120 cm³/mol. The standard InChI is InChI=1S/C23H32N4O3S/c24-21(29)17(28)12-14-4-9-18-19(14)20-22(25-13-26-23(20)31-18)30-16-7-5-15(6-8-16)27-10-2-1-3-11-27/h13-17,28H,1-12H2,(H2,24,29). The van der Waals surface area contributed by atoms with Crippen molar-refractivity contribution in [3.63, 3.8) is 0 Å². The number of likely N-dealkylation sites (tertiary alicyclic amines) is 1. The van der Waals surface area contributed by atoms with Crippen LogP contribution in [0.4, 0.5) is 0 Å². The molecule has 168 valence electrons. The molecule has 3 aliphatic rings. The largest absolute Gasteiger partial charge is 0.474 e. The molecule has 2 unspecified atom stereocenters. The van der Waals surface area contributed by atoms with E-state index < -0.39 is 12.0 Å². The summed E-state index contributed by atoms with van der Waals surface area (Å²) in [6.07, 6.45) is 11.4. The number of piperidine rings is 1. The number of carbonyl (C=O) groups is 1. The lowest BCUT2D eigenvalue weighted by Gasteiger charge is -2.38. The molecular formula is C23H32N4O3S. The van der Waals surface area contributed by atoms with Crippen LogP contribution in [0, 0.1) is 0 Å². The van der Waals surface area contributed by atoms with Crippen LogP contribution in [0.1, 0.15) is 74.1 Å². The number of nitrogens with zero attached hydrogens (tertiary/aromatic N) is 3. The van der Waals surface area contributed by atoms with Gasteiger partial charge in [-0.2, -0.15) is 0 Å². The molecule has 0 bridgehead atoms. The minimum absolute atomic E-state index is 0.0921. The SMILES string of the molecule is NC(=O)C(O)CC1CCc2sc3ncnc(OC4CCC(N5CCCCC5)CC4)c3c21. The third-order valence-electron chi connectivity index (χ3n) is 7.36. The highest BCUT2D eigenvalue weighted by atomic mass is 32.1. The van der Waals surface area contributed by atoms with E-state index in [9.17, 15) is 9.90 Å². The van der Waals surface area contributed by atoms with E-state index in [1.165, 1.54) is 50.1 Å². The molecule has 0 aromatic carbocycles. The monoisotopic (exact) mass is 444 g/mol. The van der Waals surface area contributed by atoms with Crippen molar-refractivity contribution in [3.05, 3.63) is 16.8 Å². The van der Waals surface area contributed by atoms with Crippen LogP contribution < -0.4 is 10.5 Å². The number of rotatable bonds is 6. The Kier molecular flexibility index (Phi) is 6.12. The first-order valence-electron chi connectivity index (χ1n) is 11.7. The number of amides is 1. The number of carbonyl (C=O) groups excluding carboxylic acids is 1. The van der Waals surface area contributed by atoms with Crippen molar-refractivity contribution >= 4 is 27.5 Å². The van der Waals surface area contributed by atoms with Gasteiger partial charge in [0.15, 0.2) is 0 Å². The van der Waals surface area contributed by atoms with Crippen molar-refractivity contribution in [3.8, 4) is 5.88 Å². The van der Waals surface area contributed by atoms with E-state index in [4.69, 9.17) is 10.5 Å². The number of aliphatic hydroxyl groups excluding tert-OH is 1. The molecule has 5 rings (SSSR count). The Hall–Kier alpha value is -1.77. The van der Waals surface area contributed by atoms with Crippen LogP contribution in [0.3, 0.4) is 0 Å². The average Bonchev–Trinajstić information content (AvgIpc) is 3.35. The normalized spacial score (nSPS) is 27.8. The third kappa shape index (κ3) is 4.30. The number of primary amides is 1. The lowest BCUT2D eigenvalue weighted by molar-refractivity contribution is -0.126. The minimum Gasteiger partial charge on any atom is -0.474 e. The summed E-state index contributed by atoms with van der Waals surface area (Å²) in [6, 6.07) is 0.704. The summed E-state index contributed by atoms with van der Waals surface area (Å²) in [5.74, 6) is 0.102. The number of aromatic nitrogens is 2. The van der Waals surface area contributed by atoms with Crippen LogP contribution >= 0.6 is 11.3 Å². The highest BCUT2D eigenvalue weighted by molar-refractivity contribution is 7.19. The number of aliphatic hydroxyl groups is 1. The van der Waals surface area contributed by atoms with Crippen molar-refractivity contribution in [1.29, 1.82) is 0 Å². The Morgan fingerprint density at radius 3 is 2.71 bits per heavy atom. The average molecular weight is 445 g/mol. The Morgan fingerprint density at radius 2 is 1.97 bits per heavy atom. The van der Waals surface area contributed by atoms with Gasteiger partial charge in [0.05, 0.1) is 5.39 Å². The van der Waals surface area contributed by atoms with Gasteiger partial charge in [-0.15, -0.1) is 11.3 Å². The van der Waals surface area contributed by atoms with Crippen molar-refractivity contribution in [1.82, 2.24) is 14.9 Å². The number of fused-ring (bicyclic) bond motifs is 3. The van der Waals surface area contributed by atoms with Crippen LogP contribution in [-0.4, -0.2) is 57.2 Å². The highest BCUT2D eigenvalue weighted by Crippen LogP contribution is 2.47. The van der Waals surface area contributed by atoms with Gasteiger partial charge in [0, 0.05) is 10.9 Å². The van der Waals surface area contributed by atoms with Gasteiger partial charge in [-0.25, -0.2) is 9.97 Å². The summed E-state index contributed by atoms with van der Waals surface area (Å²) in [5, 5.41) is 11.0. The molecule has 1 amide bonds. The van der Waals surface area contributed by atoms with Crippen molar-refractivity contribution in [2.24, 2.45) is 5.73 Å². The van der Waals surface area contributed by atoms with Crippen LogP contribution in [-0.2, 0) is 11.2 Å². The molecule has 3 N–H and O–H groups in total. The molecule has 2 atom stereocenters. The zero-order valence-electron chi connectivity index (χ0n) is 18.0. The maximum Gasteiger partial charge on any atom is 0.246 e. The van der Waals surface area contributed by atoms with Gasteiger partial charge in [0.25, 0.3) is 0 Å². The molecule has 1 aliphatic heterocycles. The summed E-state index contributed by atoms with van der Waals surface area (Å²) in [6.45, 7) is 2.50. The summed E-state index contributed by atoms with van der Waals surface area (Å²) < 4.78 is 6.47. The molecule has 2 aliphatic carbocycles. The Bertz CT molecular complexity index is 934. The molecule has 7 nitrogen and oxygen atoms in total. The van der Waals surface area contributed by atoms with E-state index in [0.717, 1.165) is 41.5 Å². The second-order valence-electron chi connectivity index (χ2n) is 9.33. The van der Waals surface area contributed by atoms with Gasteiger partial charge < -0.3 is 20.5 Å². The molecule has 0 radical (unpaired) electrons. The highest BCUT2D eigenvalue weighted by Gasteiger charge is 2.34. The molecule has 0 spiro atoms. The van der Waals surface area contributed by atoms with Crippen LogP contribution in [0.5, 0.6) is 5.88 Å². The second kappa shape index (κ2) is 9.00. The Labute approximate surface area is 187 Å². The number of hydrogen-bond donors (Lipinski definition) is 2. The third-order valence-corrected chi connectivity index (χ3v) is 8.53. The molecular weight excluding hydrogens is 412 g/mol. The van der Waals surface area contributed by atoms with Crippen molar-refractivity contribution in [2.75, 3.05) is 13.1 Å². The molecule has 2 aromatic heterocycles. The maximum atomic E-state index is 11.4. The number of aryl methyl sites for hydroxylation is 1. The summed E-state index contributed by atoms with van der Waals surface area (Å²) in [7, 11) is 0. The minimum atomic E-state index is -1.12. The van der Waals surface area contributed by atoms with Gasteiger partial charge in [-0.05, 0) is 82.4 Å². The molecule has 3 heterocycles. The quantitative estimate of drug-likeness (QED) is 0.710. The van der Waals surface area contributed by atoms with E-state index in [1.807, 2.05) is 0 Å². The zero-order chi connectivity index (χ0) is 21.4. The van der Waals surface area contributed by atoms with Gasteiger partial charge in [-0.1, -0.05) is 6.42 Å². The van der Waals surface area contributed by atoms with Crippen LogP contribution in [0.15, 0.2) is 6.33 Å². The summed E-state index contributed by atoms with van der Waals surface area (Å²) in [5.41, 5.74) is 6.47. The maximum absolute atomic E-state index is 11.4. The first-order chi connectivity index (χ1) is 15.1. The fourth-order valence-electron chi connectivity index (χ4n) is 5.72. The summed E-state index contributed by atoms with van der Waals surface area (Å²) >= 11 is 1.69. The molecule has 1 saturated heterocycles. The van der Waals surface area contributed by atoms with Crippen LogP contribution in [0.25, 0.3) is 10.2 Å². The number of thiophene rings is 1. The second-order valence-corrected chi connectivity index (χ2v) is 10.4. The zero-order valence-corrected chi connectivity index (χ0v) is 18.8. The van der Waals surface area contributed by atoms with E-state index >= 15 is 0 Å². The number of ether oxygens (including phenoxy) is 1. The van der Waals surface area contributed by atoms with E-state index in [-0.39, 0.29) is 12.0 Å². The topological polar surface area (TPSA) is 102 Å². The van der Waals surface area contributed by atoms with Crippen molar-refractivity contribution in [2.45, 2.75) is 88.4 Å². The number of hydrogen-bond acceptors (Lipinski definition) is 7. The Morgan fingerprint density at radius 1 is 1.19 bits per heavy atom. The van der Waals surface area contributed by atoms with E-state index in [1.54, 1.807) is 17.7 Å². The first-order valence-corrected chi connectivity index (χ1v) is 12.6. The smallest absolute Gasteiger partial charge is 0.246 e. The first kappa shape index (κ1) is 21.1. The van der Waals surface area contributed by atoms with E-state index in [2.05, 4.69) is 14.9 Å². The molecule has 2 aromatic rings. The fraction of sp³-hybridized carbons (Fsp3) is 0.696. The lowest BCUT2D eigenvalue weighted by atomic mass is 9.90. The number of nitrogens with two attached hydrogens (primary N) is 1.